The average Bonchev–Trinajstić information content (AvgIpc) is 2.52. The third-order valence-corrected chi connectivity index (χ3v) is 3.89. The minimum Gasteiger partial charge on any atom is -0.481 e. The number of rotatable bonds is 6. The van der Waals surface area contributed by atoms with E-state index in [9.17, 15) is 9.90 Å². The number of methoxy groups -OCH3 is 1. The number of carboxylic acids is 1. The van der Waals surface area contributed by atoms with Gasteiger partial charge in [-0.05, 0) is 38.5 Å². The van der Waals surface area contributed by atoms with Gasteiger partial charge in [-0.2, -0.15) is 0 Å². The van der Waals surface area contributed by atoms with Gasteiger partial charge in [0.25, 0.3) is 0 Å². The smallest absolute Gasteiger partial charge is 0.312 e. The number of carboxylic acid groups (broad SMARTS) is 1. The molecule has 128 valence electrons. The number of aromatic nitrogens is 1. The van der Waals surface area contributed by atoms with Crippen LogP contribution in [0.3, 0.4) is 0 Å². The minimum atomic E-state index is -0.935. The maximum atomic E-state index is 11.2. The minimum absolute atomic E-state index is 0.387. The molecule has 0 unspecified atom stereocenters. The highest BCUT2D eigenvalue weighted by Gasteiger charge is 2.23. The summed E-state index contributed by atoms with van der Waals surface area (Å²) >= 11 is 0. The molecule has 0 aliphatic heterocycles. The van der Waals surface area contributed by atoms with E-state index in [1.807, 2.05) is 24.3 Å². The summed E-state index contributed by atoms with van der Waals surface area (Å²) in [6, 6.07) is 7.69. The van der Waals surface area contributed by atoms with Gasteiger partial charge in [-0.15, -0.1) is 0 Å². The number of fused-ring (bicyclic) bond motifs is 1. The Hall–Kier alpha value is -2.24. The number of carbonyl (C=O) groups is 1. The second kappa shape index (κ2) is 7.11. The Morgan fingerprint density at radius 2 is 2.08 bits per heavy atom. The Balaban J connectivity index is 2.45. The third-order valence-electron chi connectivity index (χ3n) is 3.89. The van der Waals surface area contributed by atoms with Crippen molar-refractivity contribution in [1.82, 2.24) is 4.98 Å². The Morgan fingerprint density at radius 1 is 1.38 bits per heavy atom. The molecule has 0 aliphatic rings. The van der Waals surface area contributed by atoms with Crippen LogP contribution in [0.15, 0.2) is 30.3 Å². The summed E-state index contributed by atoms with van der Waals surface area (Å²) in [6.07, 6.45) is 2.75. The van der Waals surface area contributed by atoms with Crippen molar-refractivity contribution in [3.63, 3.8) is 0 Å². The summed E-state index contributed by atoms with van der Waals surface area (Å²) in [5, 5.41) is 20.0. The summed E-state index contributed by atoms with van der Waals surface area (Å²) in [5.74, 6) is -0.877. The van der Waals surface area contributed by atoms with Crippen molar-refractivity contribution in [3.8, 4) is 0 Å². The zero-order valence-electron chi connectivity index (χ0n) is 14.4. The molecule has 5 heteroatoms. The largest absolute Gasteiger partial charge is 0.481 e. The van der Waals surface area contributed by atoms with E-state index in [1.165, 1.54) is 0 Å². The van der Waals surface area contributed by atoms with Gasteiger partial charge in [0.05, 0.1) is 29.3 Å². The van der Waals surface area contributed by atoms with Gasteiger partial charge in [0.15, 0.2) is 0 Å². The quantitative estimate of drug-likeness (QED) is 0.847. The highest BCUT2D eigenvalue weighted by Crippen LogP contribution is 2.25. The number of hydrogen-bond acceptors (Lipinski definition) is 4. The number of aliphatic hydroxyl groups is 1. The van der Waals surface area contributed by atoms with Crippen LogP contribution >= 0.6 is 0 Å². The number of nitrogens with zero attached hydrogens (tertiary/aromatic N) is 1. The predicted octanol–water partition coefficient (Wildman–Crippen LogP) is 3.56. The van der Waals surface area contributed by atoms with E-state index in [4.69, 9.17) is 9.84 Å². The van der Waals surface area contributed by atoms with Crippen LogP contribution in [0.4, 0.5) is 0 Å². The van der Waals surface area contributed by atoms with Crippen LogP contribution in [-0.2, 0) is 16.1 Å². The number of benzene rings is 1. The molecule has 1 aromatic heterocycles. The van der Waals surface area contributed by atoms with Crippen LogP contribution in [0.1, 0.15) is 43.7 Å². The summed E-state index contributed by atoms with van der Waals surface area (Å²) in [6.45, 7) is 5.35. The number of hydrogen-bond donors (Lipinski definition) is 2. The standard InChI is InChI=1S/C19H23NO4/c1-12(21)17-15(11-24-4)10-14-6-5-13(9-16(14)20-17)7-8-19(2,3)18(22)23/h5-10,12,21H,11H2,1-4H3,(H,22,23)/b8-7+/t12-/m1/s1. The van der Waals surface area contributed by atoms with E-state index in [2.05, 4.69) is 4.98 Å². The Kier molecular flexibility index (Phi) is 5.36. The fourth-order valence-corrected chi connectivity index (χ4v) is 2.36. The van der Waals surface area contributed by atoms with Crippen LogP contribution in [0.2, 0.25) is 0 Å². The maximum Gasteiger partial charge on any atom is 0.312 e. The van der Waals surface area contributed by atoms with Crippen molar-refractivity contribution in [1.29, 1.82) is 0 Å². The Bertz CT molecular complexity index is 778. The molecule has 0 saturated heterocycles. The van der Waals surface area contributed by atoms with Gasteiger partial charge in [-0.3, -0.25) is 4.79 Å². The van der Waals surface area contributed by atoms with Gasteiger partial charge < -0.3 is 14.9 Å². The highest BCUT2D eigenvalue weighted by molar-refractivity contribution is 5.83. The zero-order valence-corrected chi connectivity index (χ0v) is 14.4. The first kappa shape index (κ1) is 18.1. The first-order chi connectivity index (χ1) is 11.2. The van der Waals surface area contributed by atoms with Crippen molar-refractivity contribution < 1.29 is 19.7 Å². The molecule has 0 saturated carbocycles. The SMILES string of the molecule is COCc1cc2ccc(/C=C/C(C)(C)C(=O)O)cc2nc1[C@@H](C)O. The number of aliphatic hydroxyl groups excluding tert-OH is 1. The number of ether oxygens (including phenoxy) is 1. The van der Waals surface area contributed by atoms with Gasteiger partial charge in [-0.25, -0.2) is 4.98 Å². The van der Waals surface area contributed by atoms with Crippen molar-refractivity contribution in [2.24, 2.45) is 5.41 Å². The van der Waals surface area contributed by atoms with E-state index in [0.717, 1.165) is 22.0 Å². The lowest BCUT2D eigenvalue weighted by Crippen LogP contribution is -2.20. The van der Waals surface area contributed by atoms with Crippen LogP contribution in [0.25, 0.3) is 17.0 Å². The van der Waals surface area contributed by atoms with Gasteiger partial charge in [0.1, 0.15) is 0 Å². The molecule has 0 spiro atoms. The summed E-state index contributed by atoms with van der Waals surface area (Å²) in [4.78, 5) is 15.7. The second-order valence-electron chi connectivity index (χ2n) is 6.45. The molecule has 2 N–H and O–H groups in total. The Labute approximate surface area is 141 Å². The van der Waals surface area contributed by atoms with Crippen molar-refractivity contribution >= 4 is 22.9 Å². The molecule has 0 fully saturated rings. The topological polar surface area (TPSA) is 79.7 Å². The first-order valence-corrected chi connectivity index (χ1v) is 7.78. The molecule has 1 atom stereocenters. The van der Waals surface area contributed by atoms with Gasteiger partial charge in [0, 0.05) is 18.1 Å². The zero-order chi connectivity index (χ0) is 17.9. The lowest BCUT2D eigenvalue weighted by atomic mass is 9.92. The molecule has 0 aliphatic carbocycles. The summed E-state index contributed by atoms with van der Waals surface area (Å²) < 4.78 is 5.17. The average molecular weight is 329 g/mol. The van der Waals surface area contributed by atoms with Crippen molar-refractivity contribution in [3.05, 3.63) is 47.2 Å². The normalized spacial score (nSPS) is 13.5. The first-order valence-electron chi connectivity index (χ1n) is 7.78. The molecule has 0 amide bonds. The van der Waals surface area contributed by atoms with Gasteiger partial charge in [0.2, 0.25) is 0 Å². The number of pyridine rings is 1. The highest BCUT2D eigenvalue weighted by atomic mass is 16.5. The monoisotopic (exact) mass is 329 g/mol. The van der Waals surface area contributed by atoms with E-state index < -0.39 is 17.5 Å². The summed E-state index contributed by atoms with van der Waals surface area (Å²) in [5.41, 5.74) is 2.13. The number of aliphatic carboxylic acids is 1. The molecule has 5 nitrogen and oxygen atoms in total. The molecule has 24 heavy (non-hydrogen) atoms. The van der Waals surface area contributed by atoms with E-state index in [-0.39, 0.29) is 0 Å². The van der Waals surface area contributed by atoms with Crippen LogP contribution < -0.4 is 0 Å². The van der Waals surface area contributed by atoms with Crippen LogP contribution in [-0.4, -0.2) is 28.3 Å². The van der Waals surface area contributed by atoms with Crippen LogP contribution in [0.5, 0.6) is 0 Å². The molecule has 0 bridgehead atoms. The predicted molar refractivity (Wildman–Crippen MR) is 93.5 cm³/mol. The Morgan fingerprint density at radius 3 is 2.67 bits per heavy atom. The van der Waals surface area contributed by atoms with Gasteiger partial charge >= 0.3 is 5.97 Å². The fourth-order valence-electron chi connectivity index (χ4n) is 2.36. The second-order valence-corrected chi connectivity index (χ2v) is 6.45. The molecule has 1 aromatic carbocycles. The van der Waals surface area contributed by atoms with Crippen molar-refractivity contribution in [2.75, 3.05) is 7.11 Å². The molecular weight excluding hydrogens is 306 g/mol. The molecule has 0 radical (unpaired) electrons. The molecule has 2 rings (SSSR count). The van der Waals surface area contributed by atoms with E-state index in [1.54, 1.807) is 40.0 Å². The summed E-state index contributed by atoms with van der Waals surface area (Å²) in [7, 11) is 1.61. The molecule has 2 aromatic rings. The lowest BCUT2D eigenvalue weighted by molar-refractivity contribution is -0.144. The molecule has 1 heterocycles. The third kappa shape index (κ3) is 3.99. The van der Waals surface area contributed by atoms with Crippen molar-refractivity contribution in [2.45, 2.75) is 33.5 Å². The molecular formula is C19H23NO4. The van der Waals surface area contributed by atoms with Gasteiger partial charge in [-0.1, -0.05) is 24.3 Å². The fraction of sp³-hybridized carbons (Fsp3) is 0.368. The van der Waals surface area contributed by atoms with E-state index >= 15 is 0 Å². The maximum absolute atomic E-state index is 11.2. The lowest BCUT2D eigenvalue weighted by Gasteiger charge is -2.14. The van der Waals surface area contributed by atoms with E-state index in [0.29, 0.717) is 12.3 Å². The van der Waals surface area contributed by atoms with Crippen LogP contribution in [0, 0.1) is 5.41 Å².